The Hall–Kier alpha value is -1.59. The number of aromatic nitrogens is 1. The molecule has 2 aromatic rings. The van der Waals surface area contributed by atoms with Crippen molar-refractivity contribution in [1.29, 1.82) is 0 Å². The van der Waals surface area contributed by atoms with E-state index in [-0.39, 0.29) is 12.6 Å². The Bertz CT molecular complexity index is 553. The highest BCUT2D eigenvalue weighted by atomic mass is 32.1. The van der Waals surface area contributed by atoms with Crippen molar-refractivity contribution in [1.82, 2.24) is 4.98 Å². The summed E-state index contributed by atoms with van der Waals surface area (Å²) in [4.78, 5) is 7.72. The van der Waals surface area contributed by atoms with Crippen LogP contribution in [0.4, 0.5) is 11.4 Å². The van der Waals surface area contributed by atoms with E-state index in [2.05, 4.69) is 53.3 Å². The first-order valence-corrected chi connectivity index (χ1v) is 8.16. The van der Waals surface area contributed by atoms with Crippen LogP contribution < -0.4 is 10.2 Å². The minimum atomic E-state index is 0.176. The summed E-state index contributed by atoms with van der Waals surface area (Å²) in [6.45, 7) is 8.02. The molecule has 0 aliphatic heterocycles. The molecule has 21 heavy (non-hydrogen) atoms. The third-order valence-corrected chi connectivity index (χ3v) is 4.66. The number of rotatable bonds is 7. The summed E-state index contributed by atoms with van der Waals surface area (Å²) in [6, 6.07) is 8.61. The van der Waals surface area contributed by atoms with Gasteiger partial charge in [0.1, 0.15) is 0 Å². The van der Waals surface area contributed by atoms with E-state index in [4.69, 9.17) is 5.11 Å². The zero-order valence-electron chi connectivity index (χ0n) is 12.8. The fraction of sp³-hybridized carbons (Fsp3) is 0.438. The van der Waals surface area contributed by atoms with Crippen LogP contribution in [0, 0.1) is 6.92 Å². The molecule has 1 aromatic heterocycles. The van der Waals surface area contributed by atoms with Crippen LogP contribution in [0.2, 0.25) is 0 Å². The van der Waals surface area contributed by atoms with E-state index in [0.717, 1.165) is 23.6 Å². The molecular weight excluding hydrogens is 282 g/mol. The number of benzene rings is 1. The molecule has 0 fully saturated rings. The van der Waals surface area contributed by atoms with Crippen molar-refractivity contribution in [3.8, 4) is 0 Å². The summed E-state index contributed by atoms with van der Waals surface area (Å²) in [5.74, 6) is 0. The molecule has 0 bridgehead atoms. The van der Waals surface area contributed by atoms with E-state index in [1.165, 1.54) is 4.88 Å². The van der Waals surface area contributed by atoms with Crippen LogP contribution in [-0.2, 0) is 0 Å². The van der Waals surface area contributed by atoms with Gasteiger partial charge in [0.25, 0.3) is 0 Å². The van der Waals surface area contributed by atoms with Crippen LogP contribution >= 0.6 is 11.3 Å². The Kier molecular flexibility index (Phi) is 5.59. The van der Waals surface area contributed by atoms with Crippen molar-refractivity contribution in [2.45, 2.75) is 26.8 Å². The number of thiazole rings is 1. The number of anilines is 2. The Balaban J connectivity index is 2.04. The van der Waals surface area contributed by atoms with Crippen LogP contribution in [0.3, 0.4) is 0 Å². The second-order valence-electron chi connectivity index (χ2n) is 5.02. The second kappa shape index (κ2) is 7.43. The Morgan fingerprint density at radius 2 is 2.05 bits per heavy atom. The molecule has 1 heterocycles. The number of aryl methyl sites for hydroxylation is 1. The maximum absolute atomic E-state index is 9.08. The van der Waals surface area contributed by atoms with Crippen LogP contribution in [0.25, 0.3) is 0 Å². The van der Waals surface area contributed by atoms with Crippen molar-refractivity contribution in [3.63, 3.8) is 0 Å². The molecule has 4 nitrogen and oxygen atoms in total. The monoisotopic (exact) mass is 305 g/mol. The standard InChI is InChI=1S/C16H23N3OS/c1-4-19(9-10-20)15-7-5-14(6-8-15)18-13(3)16-12(2)17-11-21-16/h5-8,11,13,18,20H,4,9-10H2,1-3H3. The quantitative estimate of drug-likeness (QED) is 0.822. The Labute approximate surface area is 130 Å². The minimum Gasteiger partial charge on any atom is -0.395 e. The lowest BCUT2D eigenvalue weighted by Gasteiger charge is -2.22. The third-order valence-electron chi connectivity index (χ3n) is 3.54. The van der Waals surface area contributed by atoms with Gasteiger partial charge in [-0.05, 0) is 45.0 Å². The lowest BCUT2D eigenvalue weighted by atomic mass is 10.2. The van der Waals surface area contributed by atoms with E-state index < -0.39 is 0 Å². The molecule has 1 aromatic carbocycles. The number of hydrogen-bond donors (Lipinski definition) is 2. The van der Waals surface area contributed by atoms with Gasteiger partial charge in [0.2, 0.25) is 0 Å². The predicted molar refractivity (Wildman–Crippen MR) is 90.3 cm³/mol. The molecule has 0 amide bonds. The molecule has 2 N–H and O–H groups in total. The molecule has 5 heteroatoms. The first-order chi connectivity index (χ1) is 10.2. The van der Waals surface area contributed by atoms with Gasteiger partial charge in [0, 0.05) is 29.3 Å². The fourth-order valence-electron chi connectivity index (χ4n) is 2.40. The summed E-state index contributed by atoms with van der Waals surface area (Å²) in [6.07, 6.45) is 0. The molecule has 0 radical (unpaired) electrons. The number of hydrogen-bond acceptors (Lipinski definition) is 5. The van der Waals surface area contributed by atoms with Crippen LogP contribution in [0.5, 0.6) is 0 Å². The number of aliphatic hydroxyl groups is 1. The Morgan fingerprint density at radius 3 is 2.57 bits per heavy atom. The highest BCUT2D eigenvalue weighted by Gasteiger charge is 2.11. The third kappa shape index (κ3) is 3.95. The lowest BCUT2D eigenvalue weighted by molar-refractivity contribution is 0.302. The van der Waals surface area contributed by atoms with Gasteiger partial charge in [-0.15, -0.1) is 11.3 Å². The van der Waals surface area contributed by atoms with Crippen LogP contribution in [-0.4, -0.2) is 29.8 Å². The van der Waals surface area contributed by atoms with E-state index in [1.54, 1.807) is 11.3 Å². The van der Waals surface area contributed by atoms with Crippen molar-refractivity contribution in [2.24, 2.45) is 0 Å². The summed E-state index contributed by atoms with van der Waals surface area (Å²) < 4.78 is 0. The zero-order valence-corrected chi connectivity index (χ0v) is 13.7. The van der Waals surface area contributed by atoms with Gasteiger partial charge in [-0.3, -0.25) is 0 Å². The molecule has 2 rings (SSSR count). The summed E-state index contributed by atoms with van der Waals surface area (Å²) >= 11 is 1.69. The number of likely N-dealkylation sites (N-methyl/N-ethyl adjacent to an activating group) is 1. The van der Waals surface area contributed by atoms with Gasteiger partial charge in [0.15, 0.2) is 0 Å². The van der Waals surface area contributed by atoms with E-state index in [0.29, 0.717) is 6.54 Å². The smallest absolute Gasteiger partial charge is 0.0798 e. The van der Waals surface area contributed by atoms with Crippen molar-refractivity contribution < 1.29 is 5.11 Å². The average molecular weight is 305 g/mol. The van der Waals surface area contributed by atoms with E-state index in [1.807, 2.05) is 12.4 Å². The first-order valence-electron chi connectivity index (χ1n) is 7.28. The molecule has 0 aliphatic rings. The number of aliphatic hydroxyl groups excluding tert-OH is 1. The van der Waals surface area contributed by atoms with Gasteiger partial charge in [-0.1, -0.05) is 0 Å². The normalized spacial score (nSPS) is 12.2. The SMILES string of the molecule is CCN(CCO)c1ccc(NC(C)c2scnc2C)cc1. The topological polar surface area (TPSA) is 48.4 Å². The largest absolute Gasteiger partial charge is 0.395 e. The summed E-state index contributed by atoms with van der Waals surface area (Å²) in [5.41, 5.74) is 5.22. The maximum Gasteiger partial charge on any atom is 0.0798 e. The van der Waals surface area contributed by atoms with Crippen molar-refractivity contribution in [3.05, 3.63) is 40.3 Å². The van der Waals surface area contributed by atoms with Gasteiger partial charge in [-0.2, -0.15) is 0 Å². The average Bonchev–Trinajstić information content (AvgIpc) is 2.92. The van der Waals surface area contributed by atoms with Crippen molar-refractivity contribution in [2.75, 3.05) is 29.9 Å². The van der Waals surface area contributed by atoms with Gasteiger partial charge < -0.3 is 15.3 Å². The molecule has 114 valence electrons. The van der Waals surface area contributed by atoms with Crippen molar-refractivity contribution >= 4 is 22.7 Å². The molecule has 0 spiro atoms. The zero-order chi connectivity index (χ0) is 15.2. The number of nitrogens with one attached hydrogen (secondary N) is 1. The van der Waals surface area contributed by atoms with Gasteiger partial charge in [-0.25, -0.2) is 4.98 Å². The highest BCUT2D eigenvalue weighted by molar-refractivity contribution is 7.09. The first kappa shape index (κ1) is 15.8. The fourth-order valence-corrected chi connectivity index (χ4v) is 3.21. The van der Waals surface area contributed by atoms with Crippen LogP contribution in [0.15, 0.2) is 29.8 Å². The maximum atomic E-state index is 9.08. The predicted octanol–water partition coefficient (Wildman–Crippen LogP) is 3.44. The molecule has 1 atom stereocenters. The Morgan fingerprint density at radius 1 is 1.33 bits per heavy atom. The molecule has 0 saturated carbocycles. The molecule has 0 saturated heterocycles. The van der Waals surface area contributed by atoms with Gasteiger partial charge >= 0.3 is 0 Å². The van der Waals surface area contributed by atoms with Crippen LogP contribution in [0.1, 0.15) is 30.5 Å². The minimum absolute atomic E-state index is 0.176. The molecule has 0 aliphatic carbocycles. The highest BCUT2D eigenvalue weighted by Crippen LogP contribution is 2.26. The summed E-state index contributed by atoms with van der Waals surface area (Å²) in [7, 11) is 0. The van der Waals surface area contributed by atoms with E-state index >= 15 is 0 Å². The lowest BCUT2D eigenvalue weighted by Crippen LogP contribution is -2.25. The number of nitrogens with zero attached hydrogens (tertiary/aromatic N) is 2. The van der Waals surface area contributed by atoms with E-state index in [9.17, 15) is 0 Å². The second-order valence-corrected chi connectivity index (χ2v) is 5.90. The summed E-state index contributed by atoms with van der Waals surface area (Å²) in [5, 5.41) is 12.6. The molecule has 1 unspecified atom stereocenters. The molecular formula is C16H23N3OS. The van der Waals surface area contributed by atoms with Gasteiger partial charge in [0.05, 0.1) is 23.9 Å².